The molecule has 6 nitrogen and oxygen atoms in total. The van der Waals surface area contributed by atoms with Crippen molar-refractivity contribution in [1.82, 2.24) is 5.32 Å². The summed E-state index contributed by atoms with van der Waals surface area (Å²) in [6.07, 6.45) is 0. The number of nitrogens with two attached hydrogens (primary N) is 1. The highest BCUT2D eigenvalue weighted by molar-refractivity contribution is 7.14. The Morgan fingerprint density at radius 2 is 1.89 bits per heavy atom. The SMILES string of the molecule is CC(C)(C)C(=O)NCc1ccc(C(=O)COC(=O)c2ccc(Cl)c(N)c2)s1. The lowest BCUT2D eigenvalue weighted by Gasteiger charge is -2.17. The Kier molecular flexibility index (Phi) is 6.62. The smallest absolute Gasteiger partial charge is 0.338 e. The van der Waals surface area contributed by atoms with Gasteiger partial charge < -0.3 is 15.8 Å². The van der Waals surface area contributed by atoms with Crippen molar-refractivity contribution in [3.8, 4) is 0 Å². The topological polar surface area (TPSA) is 98.5 Å². The minimum absolute atomic E-state index is 0.0695. The highest BCUT2D eigenvalue weighted by atomic mass is 35.5. The molecule has 1 aromatic carbocycles. The maximum Gasteiger partial charge on any atom is 0.338 e. The lowest BCUT2D eigenvalue weighted by molar-refractivity contribution is -0.128. The number of nitrogen functional groups attached to an aromatic ring is 1. The second-order valence-electron chi connectivity index (χ2n) is 6.93. The first-order chi connectivity index (χ1) is 12.6. The van der Waals surface area contributed by atoms with Crippen LogP contribution in [-0.2, 0) is 16.1 Å². The van der Waals surface area contributed by atoms with Crippen LogP contribution in [-0.4, -0.2) is 24.3 Å². The summed E-state index contributed by atoms with van der Waals surface area (Å²) in [5, 5.41) is 3.16. The van der Waals surface area contributed by atoms with Gasteiger partial charge >= 0.3 is 5.97 Å². The van der Waals surface area contributed by atoms with Gasteiger partial charge in [0.2, 0.25) is 11.7 Å². The maximum atomic E-state index is 12.2. The fourth-order valence-corrected chi connectivity index (χ4v) is 3.00. The first-order valence-electron chi connectivity index (χ1n) is 8.20. The number of nitrogens with one attached hydrogen (secondary N) is 1. The van der Waals surface area contributed by atoms with Crippen LogP contribution in [0.5, 0.6) is 0 Å². The van der Waals surface area contributed by atoms with E-state index in [2.05, 4.69) is 5.32 Å². The molecule has 0 unspecified atom stereocenters. The monoisotopic (exact) mass is 408 g/mol. The van der Waals surface area contributed by atoms with E-state index in [1.807, 2.05) is 20.8 Å². The molecule has 27 heavy (non-hydrogen) atoms. The number of carbonyl (C=O) groups excluding carboxylic acids is 3. The van der Waals surface area contributed by atoms with Crippen molar-refractivity contribution in [2.75, 3.05) is 12.3 Å². The van der Waals surface area contributed by atoms with Gasteiger partial charge in [0.1, 0.15) is 0 Å². The van der Waals surface area contributed by atoms with E-state index < -0.39 is 11.4 Å². The Morgan fingerprint density at radius 1 is 1.19 bits per heavy atom. The first-order valence-corrected chi connectivity index (χ1v) is 9.39. The van der Waals surface area contributed by atoms with Crippen molar-refractivity contribution < 1.29 is 19.1 Å². The Labute approximate surface area is 166 Å². The van der Waals surface area contributed by atoms with E-state index in [1.165, 1.54) is 29.5 Å². The van der Waals surface area contributed by atoms with Crippen molar-refractivity contribution in [2.24, 2.45) is 5.41 Å². The number of thiophene rings is 1. The summed E-state index contributed by atoms with van der Waals surface area (Å²) in [6.45, 7) is 5.45. The van der Waals surface area contributed by atoms with Crippen molar-refractivity contribution in [1.29, 1.82) is 0 Å². The van der Waals surface area contributed by atoms with Crippen LogP contribution >= 0.6 is 22.9 Å². The largest absolute Gasteiger partial charge is 0.454 e. The zero-order valence-corrected chi connectivity index (χ0v) is 16.9. The number of benzene rings is 1. The van der Waals surface area contributed by atoms with E-state index in [0.717, 1.165) is 4.88 Å². The molecule has 0 atom stereocenters. The molecule has 1 aromatic heterocycles. The number of anilines is 1. The molecule has 2 rings (SSSR count). The molecule has 0 aliphatic heterocycles. The van der Waals surface area contributed by atoms with Crippen LogP contribution < -0.4 is 11.1 Å². The molecule has 8 heteroatoms. The second-order valence-corrected chi connectivity index (χ2v) is 8.51. The Bertz CT molecular complexity index is 871. The molecule has 0 spiro atoms. The summed E-state index contributed by atoms with van der Waals surface area (Å²) in [7, 11) is 0. The molecule has 0 aliphatic carbocycles. The summed E-state index contributed by atoms with van der Waals surface area (Å²) in [5.74, 6) is -1.04. The van der Waals surface area contributed by atoms with E-state index in [-0.39, 0.29) is 29.5 Å². The molecular weight excluding hydrogens is 388 g/mol. The molecule has 0 saturated heterocycles. The molecular formula is C19H21ClN2O4S. The van der Waals surface area contributed by atoms with Gasteiger partial charge in [-0.15, -0.1) is 11.3 Å². The number of hydrogen-bond donors (Lipinski definition) is 2. The number of hydrogen-bond acceptors (Lipinski definition) is 6. The van der Waals surface area contributed by atoms with Crippen molar-refractivity contribution in [2.45, 2.75) is 27.3 Å². The fraction of sp³-hybridized carbons (Fsp3) is 0.316. The van der Waals surface area contributed by atoms with Gasteiger partial charge in [-0.2, -0.15) is 0 Å². The predicted octanol–water partition coefficient (Wildman–Crippen LogP) is 3.69. The quantitative estimate of drug-likeness (QED) is 0.431. The zero-order chi connectivity index (χ0) is 20.2. The average Bonchev–Trinajstić information content (AvgIpc) is 3.07. The average molecular weight is 409 g/mol. The number of ether oxygens (including phenoxy) is 1. The molecule has 1 heterocycles. The molecule has 0 bridgehead atoms. The van der Waals surface area contributed by atoms with Crippen molar-refractivity contribution >= 4 is 46.3 Å². The minimum Gasteiger partial charge on any atom is -0.454 e. The summed E-state index contributed by atoms with van der Waals surface area (Å²) in [6, 6.07) is 7.79. The number of amides is 1. The third-order valence-electron chi connectivity index (χ3n) is 3.61. The third kappa shape index (κ3) is 5.80. The lowest BCUT2D eigenvalue weighted by Crippen LogP contribution is -2.34. The Morgan fingerprint density at radius 3 is 2.52 bits per heavy atom. The second kappa shape index (κ2) is 8.54. The number of halogens is 1. The van der Waals surface area contributed by atoms with E-state index >= 15 is 0 Å². The van der Waals surface area contributed by atoms with Crippen LogP contribution in [0.1, 0.15) is 45.7 Å². The van der Waals surface area contributed by atoms with Crippen LogP contribution in [0.15, 0.2) is 30.3 Å². The maximum absolute atomic E-state index is 12.2. The minimum atomic E-state index is -0.652. The molecule has 0 radical (unpaired) electrons. The van der Waals surface area contributed by atoms with Gasteiger partial charge in [-0.1, -0.05) is 32.4 Å². The normalized spacial score (nSPS) is 11.1. The van der Waals surface area contributed by atoms with Crippen LogP contribution in [0.4, 0.5) is 5.69 Å². The van der Waals surface area contributed by atoms with E-state index in [1.54, 1.807) is 12.1 Å². The number of ketones is 1. The van der Waals surface area contributed by atoms with Gasteiger partial charge in [-0.05, 0) is 30.3 Å². The highest BCUT2D eigenvalue weighted by Crippen LogP contribution is 2.21. The van der Waals surface area contributed by atoms with E-state index in [0.29, 0.717) is 16.4 Å². The number of rotatable bonds is 6. The summed E-state index contributed by atoms with van der Waals surface area (Å²) in [4.78, 5) is 37.4. The number of esters is 1. The molecule has 0 aliphatic rings. The number of carbonyl (C=O) groups is 3. The standard InChI is InChI=1S/C19H21ClN2O4S/c1-19(2,3)18(25)22-9-12-5-7-16(27-12)15(23)10-26-17(24)11-4-6-13(20)14(21)8-11/h4-8H,9-10,21H2,1-3H3,(H,22,25). The lowest BCUT2D eigenvalue weighted by atomic mass is 9.96. The Hall–Kier alpha value is -2.38. The molecule has 0 saturated carbocycles. The summed E-state index contributed by atoms with van der Waals surface area (Å²) < 4.78 is 5.04. The molecule has 1 amide bonds. The fourth-order valence-electron chi connectivity index (χ4n) is 2.01. The highest BCUT2D eigenvalue weighted by Gasteiger charge is 2.21. The van der Waals surface area contributed by atoms with Gasteiger partial charge in [-0.3, -0.25) is 9.59 Å². The van der Waals surface area contributed by atoms with Gasteiger partial charge in [0, 0.05) is 10.3 Å². The third-order valence-corrected chi connectivity index (χ3v) is 5.08. The van der Waals surface area contributed by atoms with Crippen LogP contribution in [0.2, 0.25) is 5.02 Å². The van der Waals surface area contributed by atoms with Crippen LogP contribution in [0.25, 0.3) is 0 Å². The molecule has 144 valence electrons. The van der Waals surface area contributed by atoms with Gasteiger partial charge in [0.15, 0.2) is 6.61 Å². The van der Waals surface area contributed by atoms with Gasteiger partial charge in [0.25, 0.3) is 0 Å². The van der Waals surface area contributed by atoms with E-state index in [9.17, 15) is 14.4 Å². The van der Waals surface area contributed by atoms with Crippen LogP contribution in [0.3, 0.4) is 0 Å². The predicted molar refractivity (Wildman–Crippen MR) is 106 cm³/mol. The van der Waals surface area contributed by atoms with Gasteiger partial charge in [0.05, 0.1) is 27.7 Å². The van der Waals surface area contributed by atoms with Crippen molar-refractivity contribution in [3.63, 3.8) is 0 Å². The molecule has 0 fully saturated rings. The molecule has 3 N–H and O–H groups in total. The summed E-state index contributed by atoms with van der Waals surface area (Å²) in [5.41, 5.74) is 5.66. The van der Waals surface area contributed by atoms with Crippen LogP contribution in [0, 0.1) is 5.41 Å². The zero-order valence-electron chi connectivity index (χ0n) is 15.3. The number of Topliss-reactive ketones (excluding diaryl/α,β-unsaturated/α-hetero) is 1. The van der Waals surface area contributed by atoms with Gasteiger partial charge in [-0.25, -0.2) is 4.79 Å². The summed E-state index contributed by atoms with van der Waals surface area (Å²) >= 11 is 7.06. The first kappa shape index (κ1) is 20.9. The van der Waals surface area contributed by atoms with Crippen molar-refractivity contribution in [3.05, 3.63) is 50.7 Å². The van der Waals surface area contributed by atoms with E-state index in [4.69, 9.17) is 22.1 Å². The molecule has 2 aromatic rings. The Balaban J connectivity index is 1.89.